The molecule has 4 rings (SSSR count). The maximum atomic E-state index is 12.7. The number of halogens is 3. The van der Waals surface area contributed by atoms with E-state index in [1.165, 1.54) is 24.3 Å². The van der Waals surface area contributed by atoms with Gasteiger partial charge in [-0.1, -0.05) is 0 Å². The number of aromatic nitrogens is 3. The zero-order chi connectivity index (χ0) is 22.8. The van der Waals surface area contributed by atoms with Crippen molar-refractivity contribution >= 4 is 15.7 Å². The molecule has 1 N–H and O–H groups in total. The first-order valence-electron chi connectivity index (χ1n) is 9.16. The summed E-state index contributed by atoms with van der Waals surface area (Å²) < 4.78 is 72.5. The molecule has 0 aliphatic heterocycles. The Balaban J connectivity index is 1.42. The molecular weight excluding hydrogens is 445 g/mol. The summed E-state index contributed by atoms with van der Waals surface area (Å²) in [5, 5.41) is 8.06. The number of nitrogens with zero attached hydrogens (tertiary/aromatic N) is 3. The van der Waals surface area contributed by atoms with Gasteiger partial charge in [-0.3, -0.25) is 4.72 Å². The van der Waals surface area contributed by atoms with Gasteiger partial charge in [-0.15, -0.1) is 10.2 Å². The molecule has 11 heteroatoms. The summed E-state index contributed by atoms with van der Waals surface area (Å²) in [6.07, 6.45) is -0.886. The van der Waals surface area contributed by atoms with Gasteiger partial charge in [0.15, 0.2) is 5.82 Å². The smallest absolute Gasteiger partial charge is 0.416 e. The van der Waals surface area contributed by atoms with Gasteiger partial charge in [-0.2, -0.15) is 13.2 Å². The molecular formula is C21H15F3N4O3S. The lowest BCUT2D eigenvalue weighted by Crippen LogP contribution is -2.13. The van der Waals surface area contributed by atoms with Gasteiger partial charge in [-0.25, -0.2) is 8.42 Å². The van der Waals surface area contributed by atoms with E-state index in [1.807, 2.05) is 24.5 Å². The molecule has 0 fully saturated rings. The highest BCUT2D eigenvalue weighted by Crippen LogP contribution is 2.30. The van der Waals surface area contributed by atoms with Crippen molar-refractivity contribution in [1.82, 2.24) is 14.8 Å². The van der Waals surface area contributed by atoms with Crippen LogP contribution in [0.2, 0.25) is 0 Å². The van der Waals surface area contributed by atoms with Crippen molar-refractivity contribution < 1.29 is 26.3 Å². The molecule has 0 bridgehead atoms. The average Bonchev–Trinajstić information content (AvgIpc) is 3.30. The molecule has 0 aliphatic carbocycles. The van der Waals surface area contributed by atoms with E-state index in [9.17, 15) is 21.6 Å². The summed E-state index contributed by atoms with van der Waals surface area (Å²) in [5.41, 5.74) is -0.714. The summed E-state index contributed by atoms with van der Waals surface area (Å²) >= 11 is 0. The fourth-order valence-corrected chi connectivity index (χ4v) is 3.80. The van der Waals surface area contributed by atoms with Crippen molar-refractivity contribution in [3.63, 3.8) is 0 Å². The molecule has 2 heterocycles. The third-order valence-electron chi connectivity index (χ3n) is 4.32. The van der Waals surface area contributed by atoms with E-state index in [0.29, 0.717) is 23.7 Å². The minimum atomic E-state index is -4.54. The second-order valence-electron chi connectivity index (χ2n) is 6.57. The number of hydrogen-bond acceptors (Lipinski definition) is 5. The van der Waals surface area contributed by atoms with E-state index >= 15 is 0 Å². The Kier molecular flexibility index (Phi) is 5.57. The van der Waals surface area contributed by atoms with E-state index in [1.54, 1.807) is 16.7 Å². The first-order valence-corrected chi connectivity index (χ1v) is 10.6. The van der Waals surface area contributed by atoms with E-state index in [0.717, 1.165) is 12.1 Å². The highest BCUT2D eigenvalue weighted by atomic mass is 32.2. The summed E-state index contributed by atoms with van der Waals surface area (Å²) in [5.74, 6) is 1.26. The van der Waals surface area contributed by atoms with Crippen molar-refractivity contribution in [2.45, 2.75) is 11.1 Å². The zero-order valence-corrected chi connectivity index (χ0v) is 17.0. The molecule has 0 radical (unpaired) electrons. The molecule has 0 amide bonds. The summed E-state index contributed by atoms with van der Waals surface area (Å²) in [6, 6.07) is 16.3. The number of nitrogens with one attached hydrogen (secondary N) is 1. The zero-order valence-electron chi connectivity index (χ0n) is 16.2. The van der Waals surface area contributed by atoms with Crippen LogP contribution in [0.25, 0.3) is 5.82 Å². The number of benzene rings is 2. The van der Waals surface area contributed by atoms with Crippen molar-refractivity contribution in [1.29, 1.82) is 0 Å². The Bertz CT molecular complexity index is 1290. The number of hydrogen-bond donors (Lipinski definition) is 1. The van der Waals surface area contributed by atoms with E-state index < -0.39 is 21.8 Å². The number of rotatable bonds is 6. The third-order valence-corrected chi connectivity index (χ3v) is 5.71. The second kappa shape index (κ2) is 8.35. The van der Waals surface area contributed by atoms with Crippen LogP contribution in [0.5, 0.6) is 11.6 Å². The molecule has 2 aromatic carbocycles. The number of alkyl halides is 3. The van der Waals surface area contributed by atoms with Crippen molar-refractivity contribution in [2.24, 2.45) is 0 Å². The molecule has 0 aliphatic rings. The topological polar surface area (TPSA) is 86.1 Å². The predicted molar refractivity (Wildman–Crippen MR) is 110 cm³/mol. The van der Waals surface area contributed by atoms with Crippen LogP contribution in [0.3, 0.4) is 0 Å². The van der Waals surface area contributed by atoms with Crippen LogP contribution >= 0.6 is 0 Å². The van der Waals surface area contributed by atoms with Crippen molar-refractivity contribution in [2.75, 3.05) is 4.72 Å². The Labute approximate surface area is 181 Å². The quantitative estimate of drug-likeness (QED) is 0.443. The third kappa shape index (κ3) is 4.89. The van der Waals surface area contributed by atoms with Gasteiger partial charge in [-0.05, 0) is 66.7 Å². The molecule has 4 aromatic rings. The SMILES string of the molecule is O=S(=O)(Nc1ccc(Oc2ccc(-n3cccc3)nn2)cc1)c1ccc(C(F)(F)F)cc1. The van der Waals surface area contributed by atoms with Crippen LogP contribution in [0.4, 0.5) is 18.9 Å². The molecule has 0 saturated carbocycles. The largest absolute Gasteiger partial charge is 0.438 e. The Morgan fingerprint density at radius 2 is 1.50 bits per heavy atom. The van der Waals surface area contributed by atoms with Gasteiger partial charge < -0.3 is 9.30 Å². The molecule has 7 nitrogen and oxygen atoms in total. The van der Waals surface area contributed by atoms with Gasteiger partial charge in [0.1, 0.15) is 5.75 Å². The van der Waals surface area contributed by atoms with E-state index in [4.69, 9.17) is 4.74 Å². The fraction of sp³-hybridized carbons (Fsp3) is 0.0476. The van der Waals surface area contributed by atoms with Gasteiger partial charge >= 0.3 is 6.18 Å². The number of ether oxygens (including phenoxy) is 1. The molecule has 0 atom stereocenters. The minimum Gasteiger partial charge on any atom is -0.438 e. The lowest BCUT2D eigenvalue weighted by atomic mass is 10.2. The summed E-state index contributed by atoms with van der Waals surface area (Å²) in [6.45, 7) is 0. The predicted octanol–water partition coefficient (Wildman–Crippen LogP) is 4.88. The van der Waals surface area contributed by atoms with Crippen LogP contribution in [0, 0.1) is 0 Å². The lowest BCUT2D eigenvalue weighted by Gasteiger charge is -2.11. The van der Waals surface area contributed by atoms with Crippen LogP contribution in [-0.2, 0) is 16.2 Å². The average molecular weight is 460 g/mol. The normalized spacial score (nSPS) is 11.8. The molecule has 32 heavy (non-hydrogen) atoms. The van der Waals surface area contributed by atoms with Gasteiger partial charge in [0, 0.05) is 24.1 Å². The Morgan fingerprint density at radius 3 is 2.06 bits per heavy atom. The highest BCUT2D eigenvalue weighted by molar-refractivity contribution is 7.92. The summed E-state index contributed by atoms with van der Waals surface area (Å²) in [4.78, 5) is -0.288. The van der Waals surface area contributed by atoms with Crippen molar-refractivity contribution in [3.05, 3.63) is 90.8 Å². The minimum absolute atomic E-state index is 0.214. The van der Waals surface area contributed by atoms with Crippen LogP contribution in [0.1, 0.15) is 5.56 Å². The Hall–Kier alpha value is -3.86. The first kappa shape index (κ1) is 21.4. The molecule has 0 unspecified atom stereocenters. The number of anilines is 1. The van der Waals surface area contributed by atoms with Crippen molar-refractivity contribution in [3.8, 4) is 17.4 Å². The van der Waals surface area contributed by atoms with Crippen LogP contribution in [0.15, 0.2) is 90.1 Å². The van der Waals surface area contributed by atoms with E-state index in [-0.39, 0.29) is 16.5 Å². The summed E-state index contributed by atoms with van der Waals surface area (Å²) in [7, 11) is -4.06. The standard InChI is InChI=1S/C21H15F3N4O3S/c22-21(23,24)15-3-9-18(10-4-15)32(29,30)27-16-5-7-17(8-6-16)31-20-12-11-19(25-26-20)28-13-1-2-14-28/h1-14,27H. The maximum Gasteiger partial charge on any atom is 0.416 e. The monoisotopic (exact) mass is 460 g/mol. The highest BCUT2D eigenvalue weighted by Gasteiger charge is 2.30. The Morgan fingerprint density at radius 1 is 0.844 bits per heavy atom. The van der Waals surface area contributed by atoms with Crippen LogP contribution in [-0.4, -0.2) is 23.2 Å². The molecule has 164 valence electrons. The molecule has 0 spiro atoms. The number of sulfonamides is 1. The maximum absolute atomic E-state index is 12.7. The molecule has 2 aromatic heterocycles. The van der Waals surface area contributed by atoms with E-state index in [2.05, 4.69) is 14.9 Å². The fourth-order valence-electron chi connectivity index (χ4n) is 2.74. The molecule has 0 saturated heterocycles. The van der Waals surface area contributed by atoms with Crippen LogP contribution < -0.4 is 9.46 Å². The second-order valence-corrected chi connectivity index (χ2v) is 8.26. The lowest BCUT2D eigenvalue weighted by molar-refractivity contribution is -0.137. The first-order chi connectivity index (χ1) is 15.2. The van der Waals surface area contributed by atoms with Gasteiger partial charge in [0.25, 0.3) is 10.0 Å². The van der Waals surface area contributed by atoms with Gasteiger partial charge in [0.2, 0.25) is 5.88 Å². The van der Waals surface area contributed by atoms with Gasteiger partial charge in [0.05, 0.1) is 10.5 Å².